The number of hydrogen-bond donors (Lipinski definition) is 2. The van der Waals surface area contributed by atoms with Crippen LogP contribution in [0.25, 0.3) is 0 Å². The van der Waals surface area contributed by atoms with E-state index in [9.17, 15) is 5.11 Å². The second-order valence-corrected chi connectivity index (χ2v) is 4.90. The molecule has 0 radical (unpaired) electrons. The molecule has 0 saturated heterocycles. The zero-order valence-corrected chi connectivity index (χ0v) is 9.67. The van der Waals surface area contributed by atoms with Gasteiger partial charge in [-0.3, -0.25) is 0 Å². The quantitative estimate of drug-likeness (QED) is 0.778. The first-order chi connectivity index (χ1) is 6.97. The van der Waals surface area contributed by atoms with Gasteiger partial charge in [-0.2, -0.15) is 0 Å². The van der Waals surface area contributed by atoms with Crippen LogP contribution < -0.4 is 5.73 Å². The van der Waals surface area contributed by atoms with Crippen LogP contribution in [-0.2, 0) is 5.41 Å². The monoisotopic (exact) mass is 205 g/mol. The number of phenols is 1. The van der Waals surface area contributed by atoms with Crippen LogP contribution in [0.2, 0.25) is 0 Å². The van der Waals surface area contributed by atoms with Gasteiger partial charge < -0.3 is 10.8 Å². The number of rotatable bonds is 2. The van der Waals surface area contributed by atoms with Crippen molar-refractivity contribution >= 4 is 0 Å². The molecule has 0 bridgehead atoms. The predicted octanol–water partition coefficient (Wildman–Crippen LogP) is 2.39. The Hall–Kier alpha value is -1.02. The van der Waals surface area contributed by atoms with E-state index in [2.05, 4.69) is 20.8 Å². The van der Waals surface area contributed by atoms with Crippen LogP contribution in [0.5, 0.6) is 5.75 Å². The van der Waals surface area contributed by atoms with Crippen LogP contribution in [0.15, 0.2) is 12.1 Å². The smallest absolute Gasteiger partial charge is 0.116 e. The van der Waals surface area contributed by atoms with Gasteiger partial charge in [-0.15, -0.1) is 0 Å². The molecule has 1 aromatic carbocycles. The highest BCUT2D eigenvalue weighted by Crippen LogP contribution is 2.52. The maximum atomic E-state index is 9.51. The number of aromatic hydroxyl groups is 1. The van der Waals surface area contributed by atoms with Gasteiger partial charge in [0.15, 0.2) is 0 Å². The lowest BCUT2D eigenvalue weighted by atomic mass is 9.83. The average Bonchev–Trinajstić information content (AvgIpc) is 2.83. The normalized spacial score (nSPS) is 20.0. The van der Waals surface area contributed by atoms with Crippen molar-refractivity contribution in [1.29, 1.82) is 0 Å². The molecule has 82 valence electrons. The topological polar surface area (TPSA) is 46.2 Å². The number of aryl methyl sites for hydroxylation is 2. The van der Waals surface area contributed by atoms with E-state index in [0.717, 1.165) is 0 Å². The molecule has 1 saturated carbocycles. The third kappa shape index (κ3) is 1.53. The van der Waals surface area contributed by atoms with Gasteiger partial charge in [-0.05, 0) is 62.4 Å². The second kappa shape index (κ2) is 3.24. The summed E-state index contributed by atoms with van der Waals surface area (Å²) < 4.78 is 0. The average molecular weight is 205 g/mol. The van der Waals surface area contributed by atoms with Gasteiger partial charge in [0.1, 0.15) is 5.75 Å². The van der Waals surface area contributed by atoms with E-state index in [1.165, 1.54) is 29.5 Å². The van der Waals surface area contributed by atoms with Gasteiger partial charge in [-0.25, -0.2) is 0 Å². The summed E-state index contributed by atoms with van der Waals surface area (Å²) >= 11 is 0. The van der Waals surface area contributed by atoms with Crippen LogP contribution in [0.4, 0.5) is 0 Å². The lowest BCUT2D eigenvalue weighted by Crippen LogP contribution is -2.32. The van der Waals surface area contributed by atoms with Crippen molar-refractivity contribution in [2.45, 2.75) is 45.1 Å². The summed E-state index contributed by atoms with van der Waals surface area (Å²) in [5.41, 5.74) is 9.95. The Morgan fingerprint density at radius 1 is 1.27 bits per heavy atom. The maximum absolute atomic E-state index is 9.51. The Morgan fingerprint density at radius 2 is 1.73 bits per heavy atom. The summed E-state index contributed by atoms with van der Waals surface area (Å²) in [7, 11) is 0. The first kappa shape index (κ1) is 10.5. The molecule has 1 atom stereocenters. The molecule has 0 amide bonds. The summed E-state index contributed by atoms with van der Waals surface area (Å²) in [4.78, 5) is 0. The lowest BCUT2D eigenvalue weighted by Gasteiger charge is -2.24. The second-order valence-electron chi connectivity index (χ2n) is 4.90. The first-order valence-electron chi connectivity index (χ1n) is 5.53. The van der Waals surface area contributed by atoms with Crippen molar-refractivity contribution in [3.63, 3.8) is 0 Å². The van der Waals surface area contributed by atoms with E-state index >= 15 is 0 Å². The molecular formula is C13H19NO. The number of phenolic OH excluding ortho intramolecular Hbond substituents is 1. The Kier molecular flexibility index (Phi) is 2.27. The van der Waals surface area contributed by atoms with Crippen molar-refractivity contribution in [2.75, 3.05) is 0 Å². The lowest BCUT2D eigenvalue weighted by molar-refractivity contribution is 0.472. The fourth-order valence-corrected chi connectivity index (χ4v) is 2.79. The Balaban J connectivity index is 2.54. The molecule has 0 aromatic heterocycles. The van der Waals surface area contributed by atoms with Crippen molar-refractivity contribution in [2.24, 2.45) is 5.73 Å². The zero-order valence-electron chi connectivity index (χ0n) is 9.67. The molecule has 15 heavy (non-hydrogen) atoms. The molecule has 1 aliphatic rings. The molecule has 0 spiro atoms. The third-order valence-corrected chi connectivity index (χ3v) is 3.68. The minimum Gasteiger partial charge on any atom is -0.508 e. The Bertz CT molecular complexity index is 369. The van der Waals surface area contributed by atoms with E-state index in [0.29, 0.717) is 5.75 Å². The molecule has 0 aliphatic heterocycles. The fourth-order valence-electron chi connectivity index (χ4n) is 2.79. The molecular weight excluding hydrogens is 186 g/mol. The molecule has 2 rings (SSSR count). The van der Waals surface area contributed by atoms with Crippen molar-refractivity contribution < 1.29 is 5.11 Å². The molecule has 3 N–H and O–H groups in total. The molecule has 1 fully saturated rings. The highest BCUT2D eigenvalue weighted by Gasteiger charge is 2.48. The van der Waals surface area contributed by atoms with Crippen molar-refractivity contribution in [3.8, 4) is 5.75 Å². The maximum Gasteiger partial charge on any atom is 0.116 e. The summed E-state index contributed by atoms with van der Waals surface area (Å²) in [6.07, 6.45) is 2.36. The highest BCUT2D eigenvalue weighted by atomic mass is 16.3. The van der Waals surface area contributed by atoms with Crippen molar-refractivity contribution in [1.82, 2.24) is 0 Å². The van der Waals surface area contributed by atoms with Gasteiger partial charge in [0, 0.05) is 11.5 Å². The molecule has 1 unspecified atom stereocenters. The van der Waals surface area contributed by atoms with Crippen LogP contribution in [0.1, 0.15) is 36.5 Å². The Labute approximate surface area is 91.1 Å². The molecule has 1 aliphatic carbocycles. The number of nitrogens with two attached hydrogens (primary N) is 1. The van der Waals surface area contributed by atoms with Gasteiger partial charge >= 0.3 is 0 Å². The van der Waals surface area contributed by atoms with Crippen LogP contribution in [0, 0.1) is 13.8 Å². The fraction of sp³-hybridized carbons (Fsp3) is 0.538. The zero-order chi connectivity index (χ0) is 11.2. The van der Waals surface area contributed by atoms with E-state index in [1.54, 1.807) is 0 Å². The van der Waals surface area contributed by atoms with E-state index in [1.807, 2.05) is 12.1 Å². The third-order valence-electron chi connectivity index (χ3n) is 3.68. The summed E-state index contributed by atoms with van der Waals surface area (Å²) in [5, 5.41) is 9.51. The standard InChI is InChI=1S/C13H19NO/c1-8-6-11(15)7-9(2)12(8)13(4-5-13)10(3)14/h6-7,10,15H,4-5,14H2,1-3H3. The van der Waals surface area contributed by atoms with E-state index in [-0.39, 0.29) is 11.5 Å². The highest BCUT2D eigenvalue weighted by molar-refractivity contribution is 5.48. The van der Waals surface area contributed by atoms with Crippen LogP contribution in [0.3, 0.4) is 0 Å². The molecule has 1 aromatic rings. The van der Waals surface area contributed by atoms with Crippen LogP contribution in [-0.4, -0.2) is 11.1 Å². The summed E-state index contributed by atoms with van der Waals surface area (Å²) in [6, 6.07) is 3.87. The molecule has 2 nitrogen and oxygen atoms in total. The van der Waals surface area contributed by atoms with Crippen LogP contribution >= 0.6 is 0 Å². The van der Waals surface area contributed by atoms with Gasteiger partial charge in [0.25, 0.3) is 0 Å². The summed E-state index contributed by atoms with van der Waals surface area (Å²) in [5.74, 6) is 0.356. The minimum atomic E-state index is 0.182. The van der Waals surface area contributed by atoms with Gasteiger partial charge in [-0.1, -0.05) is 0 Å². The largest absolute Gasteiger partial charge is 0.508 e. The summed E-state index contributed by atoms with van der Waals surface area (Å²) in [6.45, 7) is 6.20. The van der Waals surface area contributed by atoms with Gasteiger partial charge in [0.2, 0.25) is 0 Å². The Morgan fingerprint density at radius 3 is 2.07 bits per heavy atom. The van der Waals surface area contributed by atoms with E-state index < -0.39 is 0 Å². The predicted molar refractivity (Wildman–Crippen MR) is 62.1 cm³/mol. The van der Waals surface area contributed by atoms with E-state index in [4.69, 9.17) is 5.73 Å². The number of hydrogen-bond acceptors (Lipinski definition) is 2. The van der Waals surface area contributed by atoms with Gasteiger partial charge in [0.05, 0.1) is 0 Å². The first-order valence-corrected chi connectivity index (χ1v) is 5.53. The SMILES string of the molecule is Cc1cc(O)cc(C)c1C1(C(C)N)CC1. The van der Waals surface area contributed by atoms with Crippen molar-refractivity contribution in [3.05, 3.63) is 28.8 Å². The number of benzene rings is 1. The molecule has 0 heterocycles. The molecule has 2 heteroatoms. The minimum absolute atomic E-state index is 0.182.